The Bertz CT molecular complexity index is 528. The van der Waals surface area contributed by atoms with Crippen LogP contribution in [0.25, 0.3) is 0 Å². The minimum absolute atomic E-state index is 0. The number of likely N-dealkylation sites (tertiary alicyclic amines) is 1. The van der Waals surface area contributed by atoms with Crippen molar-refractivity contribution in [3.8, 4) is 0 Å². The molecule has 0 spiro atoms. The molecule has 6 nitrogen and oxygen atoms in total. The monoisotopic (exact) mass is 329 g/mol. The normalized spacial score (nSPS) is 27.0. The zero-order valence-corrected chi connectivity index (χ0v) is 13.6. The van der Waals surface area contributed by atoms with Crippen molar-refractivity contribution in [3.05, 3.63) is 17.5 Å². The number of aryl methyl sites for hydroxylation is 1. The highest BCUT2D eigenvalue weighted by Crippen LogP contribution is 2.31. The van der Waals surface area contributed by atoms with Crippen molar-refractivity contribution in [2.45, 2.75) is 50.7 Å². The number of carbonyl (C=O) groups is 1. The first-order valence-electron chi connectivity index (χ1n) is 7.66. The van der Waals surface area contributed by atoms with Gasteiger partial charge in [0.05, 0.1) is 17.3 Å². The molecule has 3 N–H and O–H groups in total. The van der Waals surface area contributed by atoms with Gasteiger partial charge in [0.15, 0.2) is 0 Å². The van der Waals surface area contributed by atoms with E-state index in [0.717, 1.165) is 37.1 Å². The van der Waals surface area contributed by atoms with Crippen LogP contribution in [0, 0.1) is 12.8 Å². The summed E-state index contributed by atoms with van der Waals surface area (Å²) in [5.74, 6) is 0.746. The number of amides is 1. The molecule has 2 aliphatic rings. The Morgan fingerprint density at radius 3 is 2.77 bits per heavy atom. The van der Waals surface area contributed by atoms with Crippen LogP contribution in [-0.4, -0.2) is 45.8 Å². The maximum atomic E-state index is 12.6. The highest BCUT2D eigenvalue weighted by atomic mass is 35.5. The van der Waals surface area contributed by atoms with Gasteiger partial charge in [-0.25, -0.2) is 0 Å². The number of halogens is 1. The zero-order chi connectivity index (χ0) is 15.0. The minimum atomic E-state index is -0.711. The first-order chi connectivity index (χ1) is 9.98. The molecule has 1 amide bonds. The average Bonchev–Trinajstić information content (AvgIpc) is 3.13. The fourth-order valence-electron chi connectivity index (χ4n) is 3.53. The lowest BCUT2D eigenvalue weighted by molar-refractivity contribution is -0.136. The van der Waals surface area contributed by atoms with Crippen LogP contribution in [0.5, 0.6) is 0 Å². The van der Waals surface area contributed by atoms with E-state index < -0.39 is 11.6 Å². The zero-order valence-electron chi connectivity index (χ0n) is 12.8. The van der Waals surface area contributed by atoms with Crippen LogP contribution in [0.3, 0.4) is 0 Å². The fraction of sp³-hybridized carbons (Fsp3) is 0.733. The molecule has 7 heteroatoms. The van der Waals surface area contributed by atoms with Crippen molar-refractivity contribution in [2.24, 2.45) is 11.7 Å². The van der Waals surface area contributed by atoms with E-state index in [1.165, 1.54) is 0 Å². The first-order valence-corrected chi connectivity index (χ1v) is 7.66. The van der Waals surface area contributed by atoms with Gasteiger partial charge >= 0.3 is 0 Å². The number of carbonyl (C=O) groups excluding carboxylic acids is 1. The quantitative estimate of drug-likeness (QED) is 0.864. The van der Waals surface area contributed by atoms with Crippen molar-refractivity contribution in [1.29, 1.82) is 0 Å². The third-order valence-electron chi connectivity index (χ3n) is 4.76. The number of aliphatic hydroxyl groups excluding tert-OH is 1. The smallest absolute Gasteiger partial charge is 0.242 e. The maximum absolute atomic E-state index is 12.6. The Morgan fingerprint density at radius 1 is 1.50 bits per heavy atom. The van der Waals surface area contributed by atoms with Crippen LogP contribution in [0.15, 0.2) is 10.6 Å². The van der Waals surface area contributed by atoms with Crippen molar-refractivity contribution < 1.29 is 14.4 Å². The molecule has 2 heterocycles. The fourth-order valence-corrected chi connectivity index (χ4v) is 3.53. The molecule has 1 aliphatic heterocycles. The second kappa shape index (κ2) is 6.56. The van der Waals surface area contributed by atoms with Crippen LogP contribution < -0.4 is 5.73 Å². The van der Waals surface area contributed by atoms with Gasteiger partial charge in [-0.1, -0.05) is 18.0 Å². The van der Waals surface area contributed by atoms with Gasteiger partial charge in [0.25, 0.3) is 0 Å². The number of aliphatic hydroxyl groups is 1. The summed E-state index contributed by atoms with van der Waals surface area (Å²) in [5.41, 5.74) is 6.35. The number of hydrogen-bond donors (Lipinski definition) is 2. The Labute approximate surface area is 136 Å². The first kappa shape index (κ1) is 17.2. The molecule has 1 aromatic rings. The molecule has 2 atom stereocenters. The van der Waals surface area contributed by atoms with E-state index in [2.05, 4.69) is 5.16 Å². The average molecular weight is 330 g/mol. The highest BCUT2D eigenvalue weighted by Gasteiger charge is 2.44. The van der Waals surface area contributed by atoms with Crippen LogP contribution >= 0.6 is 12.4 Å². The van der Waals surface area contributed by atoms with Gasteiger partial charge in [-0.3, -0.25) is 4.79 Å². The molecule has 0 radical (unpaired) electrons. The lowest BCUT2D eigenvalue weighted by Gasteiger charge is -2.28. The molecule has 0 unspecified atom stereocenters. The summed E-state index contributed by atoms with van der Waals surface area (Å²) in [7, 11) is 0. The van der Waals surface area contributed by atoms with Gasteiger partial charge in [-0.2, -0.15) is 0 Å². The number of aromatic nitrogens is 1. The van der Waals surface area contributed by atoms with E-state index in [-0.39, 0.29) is 24.2 Å². The van der Waals surface area contributed by atoms with Crippen molar-refractivity contribution in [3.63, 3.8) is 0 Å². The number of nitrogens with two attached hydrogens (primary N) is 1. The second-order valence-electron chi connectivity index (χ2n) is 6.54. The molecule has 3 rings (SSSR count). The summed E-state index contributed by atoms with van der Waals surface area (Å²) in [5, 5.41) is 14.1. The van der Waals surface area contributed by atoms with Crippen molar-refractivity contribution in [2.75, 3.05) is 13.1 Å². The van der Waals surface area contributed by atoms with E-state index >= 15 is 0 Å². The van der Waals surface area contributed by atoms with Gasteiger partial charge in [0.2, 0.25) is 5.91 Å². The van der Waals surface area contributed by atoms with Crippen molar-refractivity contribution >= 4 is 18.3 Å². The summed E-state index contributed by atoms with van der Waals surface area (Å²) in [4.78, 5) is 14.3. The molecule has 22 heavy (non-hydrogen) atoms. The van der Waals surface area contributed by atoms with Crippen LogP contribution in [-0.2, 0) is 11.2 Å². The predicted octanol–water partition coefficient (Wildman–Crippen LogP) is 1.04. The summed E-state index contributed by atoms with van der Waals surface area (Å²) >= 11 is 0. The predicted molar refractivity (Wildman–Crippen MR) is 83.7 cm³/mol. The Hall–Kier alpha value is -1.11. The van der Waals surface area contributed by atoms with Crippen LogP contribution in [0.2, 0.25) is 0 Å². The third kappa shape index (κ3) is 3.29. The third-order valence-corrected chi connectivity index (χ3v) is 4.76. The van der Waals surface area contributed by atoms with E-state index in [4.69, 9.17) is 10.3 Å². The van der Waals surface area contributed by atoms with Crippen LogP contribution in [0.1, 0.15) is 37.1 Å². The largest absolute Gasteiger partial charge is 0.391 e. The standard InChI is InChI=1S/C15H23N3O3.ClH/c1-10-6-12(21-17-10)7-11-8-18(9-13(11)19)14(20)15(16)4-2-3-5-15;/h6,11,13,19H,2-5,7-9,16H2,1H3;1H/t11-,13-;/m1./s1. The van der Waals surface area contributed by atoms with Gasteiger partial charge in [0, 0.05) is 31.5 Å². The lowest BCUT2D eigenvalue weighted by atomic mass is 9.97. The second-order valence-corrected chi connectivity index (χ2v) is 6.54. The Kier molecular flexibility index (Phi) is 5.14. The van der Waals surface area contributed by atoms with Gasteiger partial charge in [-0.05, 0) is 19.8 Å². The number of β-amino-alcohol motifs (C(OH)–C–C–N with tert-alkyl or cyclic N) is 1. The van der Waals surface area contributed by atoms with Gasteiger partial charge in [-0.15, -0.1) is 12.4 Å². The SMILES string of the molecule is Cc1cc(C[C@@H]2CN(C(=O)C3(N)CCCC3)C[C@H]2O)on1.Cl. The number of nitrogens with zero attached hydrogens (tertiary/aromatic N) is 2. The van der Waals surface area contributed by atoms with Crippen molar-refractivity contribution in [1.82, 2.24) is 10.1 Å². The molecule has 0 aromatic carbocycles. The molecule has 124 valence electrons. The van der Waals surface area contributed by atoms with Gasteiger partial charge < -0.3 is 20.3 Å². The molecule has 2 fully saturated rings. The van der Waals surface area contributed by atoms with E-state index in [0.29, 0.717) is 19.5 Å². The van der Waals surface area contributed by atoms with E-state index in [9.17, 15) is 9.90 Å². The lowest BCUT2D eigenvalue weighted by Crippen LogP contribution is -2.53. The summed E-state index contributed by atoms with van der Waals surface area (Å²) < 4.78 is 5.20. The maximum Gasteiger partial charge on any atom is 0.242 e. The topological polar surface area (TPSA) is 92.6 Å². The number of hydrogen-bond acceptors (Lipinski definition) is 5. The highest BCUT2D eigenvalue weighted by molar-refractivity contribution is 5.86. The Balaban J connectivity index is 0.00000176. The molecular formula is C15H24ClN3O3. The summed E-state index contributed by atoms with van der Waals surface area (Å²) in [6.07, 6.45) is 3.61. The Morgan fingerprint density at radius 2 is 2.18 bits per heavy atom. The minimum Gasteiger partial charge on any atom is -0.391 e. The molecule has 1 saturated carbocycles. The molecular weight excluding hydrogens is 306 g/mol. The molecule has 1 saturated heterocycles. The summed E-state index contributed by atoms with van der Waals surface area (Å²) in [6.45, 7) is 2.78. The molecule has 0 bridgehead atoms. The van der Waals surface area contributed by atoms with Gasteiger partial charge in [0.1, 0.15) is 5.76 Å². The number of rotatable bonds is 3. The van der Waals surface area contributed by atoms with Crippen LogP contribution in [0.4, 0.5) is 0 Å². The molecule has 1 aromatic heterocycles. The van der Waals surface area contributed by atoms with E-state index in [1.54, 1.807) is 4.90 Å². The van der Waals surface area contributed by atoms with E-state index in [1.807, 2.05) is 13.0 Å². The summed E-state index contributed by atoms with van der Waals surface area (Å²) in [6, 6.07) is 1.87. The molecule has 1 aliphatic carbocycles.